The highest BCUT2D eigenvalue weighted by atomic mass is 16.4. The first kappa shape index (κ1) is 29.1. The Labute approximate surface area is 189 Å². The smallest absolute Gasteiger partial charge is 0.326 e. The lowest BCUT2D eigenvalue weighted by Gasteiger charge is -2.27. The van der Waals surface area contributed by atoms with Crippen molar-refractivity contribution in [3.63, 3.8) is 0 Å². The van der Waals surface area contributed by atoms with Crippen molar-refractivity contribution in [3.8, 4) is 0 Å². The summed E-state index contributed by atoms with van der Waals surface area (Å²) >= 11 is 0. The van der Waals surface area contributed by atoms with Crippen molar-refractivity contribution in [2.45, 2.75) is 71.5 Å². The van der Waals surface area contributed by atoms with Crippen LogP contribution in [0.2, 0.25) is 0 Å². The van der Waals surface area contributed by atoms with Gasteiger partial charge in [-0.2, -0.15) is 0 Å². The number of amides is 3. The van der Waals surface area contributed by atoms with Crippen molar-refractivity contribution >= 4 is 29.7 Å². The molecule has 0 fully saturated rings. The van der Waals surface area contributed by atoms with Crippen LogP contribution in [0, 0.1) is 11.8 Å². The van der Waals surface area contributed by atoms with E-state index in [9.17, 15) is 24.3 Å². The summed E-state index contributed by atoms with van der Waals surface area (Å²) in [5.41, 5.74) is 16.0. The number of rotatable bonds is 15. The maximum atomic E-state index is 12.9. The zero-order valence-corrected chi connectivity index (χ0v) is 19.4. The van der Waals surface area contributed by atoms with Crippen LogP contribution in [0.15, 0.2) is 4.99 Å². The van der Waals surface area contributed by atoms with Crippen LogP contribution in [-0.4, -0.2) is 66.0 Å². The van der Waals surface area contributed by atoms with Gasteiger partial charge in [0.2, 0.25) is 17.7 Å². The summed E-state index contributed by atoms with van der Waals surface area (Å²) in [5, 5.41) is 17.1. The van der Waals surface area contributed by atoms with Crippen molar-refractivity contribution in [2.24, 2.45) is 34.0 Å². The molecule has 0 heterocycles. The van der Waals surface area contributed by atoms with Gasteiger partial charge in [0, 0.05) is 6.54 Å². The van der Waals surface area contributed by atoms with Crippen LogP contribution in [0.3, 0.4) is 0 Å². The van der Waals surface area contributed by atoms with Gasteiger partial charge < -0.3 is 38.3 Å². The normalized spacial score (nSPS) is 14.6. The maximum absolute atomic E-state index is 12.9. The Kier molecular flexibility index (Phi) is 13.6. The number of nitrogens with zero attached hydrogens (tertiary/aromatic N) is 1. The number of nitrogens with two attached hydrogens (primary N) is 3. The Bertz CT molecular complexity index is 665. The second-order valence-corrected chi connectivity index (χ2v) is 8.17. The molecule has 3 amide bonds. The lowest BCUT2D eigenvalue weighted by atomic mass is 9.97. The molecule has 12 heteroatoms. The molecule has 0 aromatic rings. The van der Waals surface area contributed by atoms with Crippen LogP contribution < -0.4 is 33.2 Å². The van der Waals surface area contributed by atoms with Gasteiger partial charge in [-0.3, -0.25) is 19.4 Å². The average molecular weight is 458 g/mol. The molecule has 0 radical (unpaired) electrons. The van der Waals surface area contributed by atoms with Crippen molar-refractivity contribution in [1.82, 2.24) is 16.0 Å². The average Bonchev–Trinajstić information content (AvgIpc) is 2.71. The highest BCUT2D eigenvalue weighted by Crippen LogP contribution is 2.10. The summed E-state index contributed by atoms with van der Waals surface area (Å²) in [6, 6.07) is -3.02. The Morgan fingerprint density at radius 2 is 1.56 bits per heavy atom. The molecule has 0 bridgehead atoms. The Morgan fingerprint density at radius 3 is 2.03 bits per heavy atom. The zero-order valence-electron chi connectivity index (χ0n) is 19.4. The Hall–Kier alpha value is -2.89. The first-order valence-electron chi connectivity index (χ1n) is 10.8. The second-order valence-electron chi connectivity index (χ2n) is 8.17. The number of aliphatic imine (C=N–C) groups is 1. The number of hydrogen-bond acceptors (Lipinski definition) is 6. The number of nitrogens with one attached hydrogen (secondary N) is 3. The predicted octanol–water partition coefficient (Wildman–Crippen LogP) is -1.37. The summed E-state index contributed by atoms with van der Waals surface area (Å²) in [4.78, 5) is 52.9. The second kappa shape index (κ2) is 15.0. The van der Waals surface area contributed by atoms with Gasteiger partial charge in [0.15, 0.2) is 5.96 Å². The molecule has 10 N–H and O–H groups in total. The Balaban J connectivity index is 5.53. The molecule has 0 aliphatic carbocycles. The molecule has 184 valence electrons. The number of guanidine groups is 1. The largest absolute Gasteiger partial charge is 0.480 e. The van der Waals surface area contributed by atoms with E-state index in [1.165, 1.54) is 0 Å². The van der Waals surface area contributed by atoms with Gasteiger partial charge in [-0.25, -0.2) is 4.79 Å². The fourth-order valence-electron chi connectivity index (χ4n) is 2.93. The van der Waals surface area contributed by atoms with E-state index in [1.807, 2.05) is 20.8 Å². The van der Waals surface area contributed by atoms with Crippen LogP contribution in [-0.2, 0) is 19.2 Å². The lowest BCUT2D eigenvalue weighted by Crippen LogP contribution is -2.57. The standard InChI is InChI=1S/C20H39N7O5/c1-5-12(4)16(27-15(28)10-21)18(30)25-13(7-6-8-24-20(22)23)17(29)26-14(19(31)32)9-11(2)3/h11-14,16H,5-10,21H2,1-4H3,(H,25,30)(H,26,29)(H,27,28)(H,31,32)(H4,22,23,24). The molecule has 0 aliphatic heterocycles. The number of carbonyl (C=O) groups excluding carboxylic acids is 3. The van der Waals surface area contributed by atoms with Crippen LogP contribution in [0.5, 0.6) is 0 Å². The van der Waals surface area contributed by atoms with E-state index in [2.05, 4.69) is 20.9 Å². The van der Waals surface area contributed by atoms with Crippen LogP contribution >= 0.6 is 0 Å². The van der Waals surface area contributed by atoms with E-state index in [4.69, 9.17) is 17.2 Å². The third kappa shape index (κ3) is 11.5. The predicted molar refractivity (Wildman–Crippen MR) is 121 cm³/mol. The number of carboxylic acids is 1. The van der Waals surface area contributed by atoms with E-state index in [0.717, 1.165) is 0 Å². The maximum Gasteiger partial charge on any atom is 0.326 e. The molecule has 0 aliphatic rings. The zero-order chi connectivity index (χ0) is 24.8. The molecule has 0 aromatic heterocycles. The van der Waals surface area contributed by atoms with Crippen LogP contribution in [0.4, 0.5) is 0 Å². The molecule has 4 unspecified atom stereocenters. The van der Waals surface area contributed by atoms with Gasteiger partial charge in [-0.1, -0.05) is 34.1 Å². The first-order valence-corrected chi connectivity index (χ1v) is 10.8. The minimum Gasteiger partial charge on any atom is -0.480 e. The lowest BCUT2D eigenvalue weighted by molar-refractivity contribution is -0.143. The summed E-state index contributed by atoms with van der Waals surface area (Å²) in [6.07, 6.45) is 1.36. The highest BCUT2D eigenvalue weighted by molar-refractivity contribution is 5.93. The molecule has 0 spiro atoms. The van der Waals surface area contributed by atoms with E-state index in [0.29, 0.717) is 12.8 Å². The van der Waals surface area contributed by atoms with Gasteiger partial charge in [-0.05, 0) is 31.1 Å². The molecule has 32 heavy (non-hydrogen) atoms. The molecular weight excluding hydrogens is 418 g/mol. The number of hydrogen-bond donors (Lipinski definition) is 7. The molecule has 0 aromatic carbocycles. The molecule has 4 atom stereocenters. The van der Waals surface area contributed by atoms with Crippen molar-refractivity contribution in [3.05, 3.63) is 0 Å². The number of carbonyl (C=O) groups is 4. The minimum absolute atomic E-state index is 0.0348. The quantitative estimate of drug-likeness (QED) is 0.0882. The molecule has 12 nitrogen and oxygen atoms in total. The third-order valence-electron chi connectivity index (χ3n) is 4.90. The Morgan fingerprint density at radius 1 is 0.969 bits per heavy atom. The fraction of sp³-hybridized carbons (Fsp3) is 0.750. The number of aliphatic carboxylic acids is 1. The molecule has 0 rings (SSSR count). The number of carboxylic acid groups (broad SMARTS) is 1. The van der Waals surface area contributed by atoms with E-state index in [-0.39, 0.29) is 43.7 Å². The van der Waals surface area contributed by atoms with Crippen molar-refractivity contribution in [2.75, 3.05) is 13.1 Å². The summed E-state index contributed by atoms with van der Waals surface area (Å²) < 4.78 is 0. The summed E-state index contributed by atoms with van der Waals surface area (Å²) in [6.45, 7) is 7.29. The summed E-state index contributed by atoms with van der Waals surface area (Å²) in [5.74, 6) is -3.13. The van der Waals surface area contributed by atoms with Gasteiger partial charge in [0.25, 0.3) is 0 Å². The fourth-order valence-corrected chi connectivity index (χ4v) is 2.93. The third-order valence-corrected chi connectivity index (χ3v) is 4.90. The highest BCUT2D eigenvalue weighted by Gasteiger charge is 2.31. The van der Waals surface area contributed by atoms with E-state index < -0.39 is 41.8 Å². The minimum atomic E-state index is -1.16. The monoisotopic (exact) mass is 457 g/mol. The van der Waals surface area contributed by atoms with Gasteiger partial charge >= 0.3 is 5.97 Å². The van der Waals surface area contributed by atoms with Gasteiger partial charge in [0.05, 0.1) is 6.54 Å². The van der Waals surface area contributed by atoms with Crippen LogP contribution in [0.1, 0.15) is 53.4 Å². The molecule has 0 saturated carbocycles. The van der Waals surface area contributed by atoms with E-state index in [1.54, 1.807) is 6.92 Å². The van der Waals surface area contributed by atoms with E-state index >= 15 is 0 Å². The summed E-state index contributed by atoms with van der Waals surface area (Å²) in [7, 11) is 0. The van der Waals surface area contributed by atoms with Crippen LogP contribution in [0.25, 0.3) is 0 Å². The molecule has 0 saturated heterocycles. The van der Waals surface area contributed by atoms with Gasteiger partial charge in [0.1, 0.15) is 18.1 Å². The SMILES string of the molecule is CCC(C)C(NC(=O)CN)C(=O)NC(CCCN=C(N)N)C(=O)NC(CC(C)C)C(=O)O. The van der Waals surface area contributed by atoms with Crippen molar-refractivity contribution < 1.29 is 24.3 Å². The van der Waals surface area contributed by atoms with Gasteiger partial charge in [-0.15, -0.1) is 0 Å². The van der Waals surface area contributed by atoms with Crippen molar-refractivity contribution in [1.29, 1.82) is 0 Å². The molecular formula is C20H39N7O5. The topological polar surface area (TPSA) is 215 Å². The first-order chi connectivity index (χ1) is 14.9.